The van der Waals surface area contributed by atoms with E-state index < -0.39 is 0 Å². The first-order valence-corrected chi connectivity index (χ1v) is 12.0. The van der Waals surface area contributed by atoms with Gasteiger partial charge >= 0.3 is 0 Å². The van der Waals surface area contributed by atoms with Crippen LogP contribution in [0.3, 0.4) is 0 Å². The Labute approximate surface area is 195 Å². The lowest BCUT2D eigenvalue weighted by Crippen LogP contribution is -2.49. The molecule has 0 saturated heterocycles. The van der Waals surface area contributed by atoms with Gasteiger partial charge in [-0.3, -0.25) is 0 Å². The van der Waals surface area contributed by atoms with Crippen LogP contribution in [0.1, 0.15) is 49.3 Å². The fourth-order valence-corrected chi connectivity index (χ4v) is 6.10. The van der Waals surface area contributed by atoms with Crippen molar-refractivity contribution in [2.75, 3.05) is 17.2 Å². The quantitative estimate of drug-likeness (QED) is 0.471. The fourth-order valence-electron chi connectivity index (χ4n) is 5.70. The Hall–Kier alpha value is -1.23. The van der Waals surface area contributed by atoms with Crippen LogP contribution in [0.2, 0.25) is 0 Å². The lowest BCUT2D eigenvalue weighted by molar-refractivity contribution is 0.228. The van der Waals surface area contributed by atoms with Crippen molar-refractivity contribution < 1.29 is 0 Å². The Balaban J connectivity index is 0.00000218. The third-order valence-electron chi connectivity index (χ3n) is 7.39. The Kier molecular flexibility index (Phi) is 6.39. The minimum atomic E-state index is -0.0123. The van der Waals surface area contributed by atoms with E-state index in [0.717, 1.165) is 12.5 Å². The summed E-state index contributed by atoms with van der Waals surface area (Å²) in [7, 11) is 0. The lowest BCUT2D eigenvalue weighted by atomic mass is 9.78. The summed E-state index contributed by atoms with van der Waals surface area (Å²) < 4.78 is 1.21. The molecule has 30 heavy (non-hydrogen) atoms. The molecule has 2 aromatic carbocycles. The minimum Gasteiger partial charge on any atom is -0.361 e. The van der Waals surface area contributed by atoms with E-state index in [9.17, 15) is 0 Å². The summed E-state index contributed by atoms with van der Waals surface area (Å²) in [5.74, 6) is 1.42. The summed E-state index contributed by atoms with van der Waals surface area (Å²) in [6.07, 6.45) is 7.57. The van der Waals surface area contributed by atoms with Gasteiger partial charge in [-0.15, -0.1) is 12.4 Å². The highest BCUT2D eigenvalue weighted by Crippen LogP contribution is 2.42. The first-order valence-electron chi connectivity index (χ1n) is 11.2. The van der Waals surface area contributed by atoms with Crippen molar-refractivity contribution in [2.45, 2.75) is 64.1 Å². The van der Waals surface area contributed by atoms with Crippen LogP contribution >= 0.6 is 28.3 Å². The van der Waals surface area contributed by atoms with Gasteiger partial charge in [-0.05, 0) is 106 Å². The summed E-state index contributed by atoms with van der Waals surface area (Å²) in [5.41, 5.74) is 6.91. The Morgan fingerprint density at radius 3 is 2.50 bits per heavy atom. The third kappa shape index (κ3) is 4.37. The van der Waals surface area contributed by atoms with Crippen LogP contribution in [-0.4, -0.2) is 18.2 Å². The lowest BCUT2D eigenvalue weighted by Gasteiger charge is -2.40. The normalized spacial score (nSPS) is 29.4. The molecule has 2 aromatic rings. The standard InChI is InChI=1S/C25H32BrN3.ClH/c1-16-3-10-23-24(11-16)29-25(2,28-23)20-5-8-22(9-6-20)27-15-17-12-18-4-7-21(26)14-19(18)13-17;/h3-4,7,10-11,14,17,20,22,27-29H,5-6,8-9,12-13,15H2,1-2H3;1H. The van der Waals surface area contributed by atoms with Crippen molar-refractivity contribution in [3.8, 4) is 0 Å². The van der Waals surface area contributed by atoms with Crippen molar-refractivity contribution >= 4 is 39.7 Å². The molecule has 3 N–H and O–H groups in total. The van der Waals surface area contributed by atoms with Gasteiger partial charge in [-0.25, -0.2) is 0 Å². The number of hydrogen-bond donors (Lipinski definition) is 3. The van der Waals surface area contributed by atoms with Crippen molar-refractivity contribution in [3.05, 3.63) is 57.6 Å². The maximum atomic E-state index is 3.91. The molecule has 0 amide bonds. The predicted molar refractivity (Wildman–Crippen MR) is 133 cm³/mol. The molecular formula is C25H33BrClN3. The molecule has 3 aliphatic rings. The highest BCUT2D eigenvalue weighted by molar-refractivity contribution is 9.10. The number of hydrogen-bond acceptors (Lipinski definition) is 3. The van der Waals surface area contributed by atoms with Crippen LogP contribution in [0, 0.1) is 18.8 Å². The molecule has 162 valence electrons. The van der Waals surface area contributed by atoms with Gasteiger partial charge < -0.3 is 16.0 Å². The number of rotatable bonds is 4. The van der Waals surface area contributed by atoms with Crippen LogP contribution in [0.15, 0.2) is 40.9 Å². The van der Waals surface area contributed by atoms with Crippen molar-refractivity contribution in [1.29, 1.82) is 0 Å². The molecule has 1 fully saturated rings. The Bertz CT molecular complexity index is 909. The number of anilines is 2. The molecule has 2 atom stereocenters. The molecule has 0 spiro atoms. The molecule has 3 nitrogen and oxygen atoms in total. The molecular weight excluding hydrogens is 458 g/mol. The van der Waals surface area contributed by atoms with E-state index >= 15 is 0 Å². The van der Waals surface area contributed by atoms with Gasteiger partial charge in [0.15, 0.2) is 0 Å². The summed E-state index contributed by atoms with van der Waals surface area (Å²) >= 11 is 3.61. The number of benzene rings is 2. The molecule has 0 aromatic heterocycles. The van der Waals surface area contributed by atoms with Crippen LogP contribution in [0.5, 0.6) is 0 Å². The molecule has 5 rings (SSSR count). The molecule has 0 bridgehead atoms. The number of halogens is 2. The first kappa shape index (κ1) is 22.0. The predicted octanol–water partition coefficient (Wildman–Crippen LogP) is 6.30. The zero-order valence-electron chi connectivity index (χ0n) is 17.9. The summed E-state index contributed by atoms with van der Waals surface area (Å²) in [6.45, 7) is 5.66. The Morgan fingerprint density at radius 1 is 0.967 bits per heavy atom. The molecule has 2 unspecified atom stereocenters. The maximum Gasteiger partial charge on any atom is 0.108 e. The van der Waals surface area contributed by atoms with Crippen molar-refractivity contribution in [1.82, 2.24) is 5.32 Å². The summed E-state index contributed by atoms with van der Waals surface area (Å²) in [4.78, 5) is 0. The van der Waals surface area contributed by atoms with Gasteiger partial charge in [-0.2, -0.15) is 0 Å². The van der Waals surface area contributed by atoms with Crippen molar-refractivity contribution in [2.24, 2.45) is 11.8 Å². The van der Waals surface area contributed by atoms with Crippen LogP contribution in [0.4, 0.5) is 11.4 Å². The van der Waals surface area contributed by atoms with Crippen molar-refractivity contribution in [3.63, 3.8) is 0 Å². The molecule has 0 radical (unpaired) electrons. The van der Waals surface area contributed by atoms with Gasteiger partial charge in [0.2, 0.25) is 0 Å². The monoisotopic (exact) mass is 489 g/mol. The number of nitrogens with one attached hydrogen (secondary N) is 3. The number of aryl methyl sites for hydroxylation is 1. The second kappa shape index (κ2) is 8.72. The molecule has 2 aliphatic carbocycles. The zero-order valence-corrected chi connectivity index (χ0v) is 20.3. The van der Waals surface area contributed by atoms with E-state index in [4.69, 9.17) is 0 Å². The van der Waals surface area contributed by atoms with Gasteiger partial charge in [0.25, 0.3) is 0 Å². The second-order valence-corrected chi connectivity index (χ2v) is 10.6. The molecule has 5 heteroatoms. The Morgan fingerprint density at radius 2 is 1.70 bits per heavy atom. The van der Waals surface area contributed by atoms with E-state index in [0.29, 0.717) is 12.0 Å². The minimum absolute atomic E-state index is 0. The van der Waals surface area contributed by atoms with Gasteiger partial charge in [0.1, 0.15) is 5.66 Å². The van der Waals surface area contributed by atoms with E-state index in [-0.39, 0.29) is 18.1 Å². The van der Waals surface area contributed by atoms with Gasteiger partial charge in [0, 0.05) is 16.4 Å². The molecule has 1 aliphatic heterocycles. The largest absolute Gasteiger partial charge is 0.361 e. The second-order valence-electron chi connectivity index (χ2n) is 9.65. The van der Waals surface area contributed by atoms with Crippen LogP contribution < -0.4 is 16.0 Å². The molecule has 1 saturated carbocycles. The number of fused-ring (bicyclic) bond motifs is 2. The highest BCUT2D eigenvalue weighted by Gasteiger charge is 2.40. The van der Waals surface area contributed by atoms with E-state index in [1.165, 1.54) is 65.5 Å². The first-order chi connectivity index (χ1) is 14.0. The smallest absolute Gasteiger partial charge is 0.108 e. The fraction of sp³-hybridized carbons (Fsp3) is 0.520. The van der Waals surface area contributed by atoms with E-state index in [1.807, 2.05) is 0 Å². The third-order valence-corrected chi connectivity index (χ3v) is 7.88. The zero-order chi connectivity index (χ0) is 20.0. The SMILES string of the molecule is Cc1ccc2c(c1)NC(C)(C1CCC(NCC3Cc4ccc(Br)cc4C3)CC1)N2.Cl. The topological polar surface area (TPSA) is 36.1 Å². The highest BCUT2D eigenvalue weighted by atomic mass is 79.9. The van der Waals surface area contributed by atoms with Gasteiger partial charge in [0.05, 0.1) is 11.4 Å². The van der Waals surface area contributed by atoms with E-state index in [2.05, 4.69) is 82.1 Å². The average molecular weight is 491 g/mol. The summed E-state index contributed by atoms with van der Waals surface area (Å²) in [6, 6.07) is 14.1. The molecule has 1 heterocycles. The van der Waals surface area contributed by atoms with Crippen LogP contribution in [0.25, 0.3) is 0 Å². The van der Waals surface area contributed by atoms with Crippen LogP contribution in [-0.2, 0) is 12.8 Å². The summed E-state index contributed by atoms with van der Waals surface area (Å²) in [5, 5.41) is 11.5. The average Bonchev–Trinajstić information content (AvgIpc) is 3.26. The van der Waals surface area contributed by atoms with E-state index in [1.54, 1.807) is 5.56 Å². The van der Waals surface area contributed by atoms with Gasteiger partial charge in [-0.1, -0.05) is 28.1 Å². The maximum absolute atomic E-state index is 3.91.